The van der Waals surface area contributed by atoms with E-state index in [2.05, 4.69) is 25.9 Å². The summed E-state index contributed by atoms with van der Waals surface area (Å²) >= 11 is 3.43. The molecule has 0 fully saturated rings. The molecule has 0 saturated heterocycles. The number of pyridine rings is 1. The van der Waals surface area contributed by atoms with E-state index >= 15 is 0 Å². The van der Waals surface area contributed by atoms with E-state index in [0.29, 0.717) is 17.8 Å². The van der Waals surface area contributed by atoms with E-state index in [1.54, 1.807) is 22.9 Å². The molecule has 0 spiro atoms. The van der Waals surface area contributed by atoms with Crippen LogP contribution in [0, 0.1) is 0 Å². The Morgan fingerprint density at radius 3 is 2.59 bits per heavy atom. The largest absolute Gasteiger partial charge is 0.506 e. The Balaban J connectivity index is 1.65. The summed E-state index contributed by atoms with van der Waals surface area (Å²) in [6, 6.07) is 22.6. The van der Waals surface area contributed by atoms with Crippen LogP contribution < -0.4 is 5.56 Å². The lowest BCUT2D eigenvalue weighted by Crippen LogP contribution is -2.24. The lowest BCUT2D eigenvalue weighted by molar-refractivity contribution is 0.480. The van der Waals surface area contributed by atoms with Crippen LogP contribution in [0.25, 0.3) is 34.1 Å². The fourth-order valence-corrected chi connectivity index (χ4v) is 4.02. The highest BCUT2D eigenvalue weighted by Gasteiger charge is 2.12. The van der Waals surface area contributed by atoms with Gasteiger partial charge >= 0.3 is 0 Å². The van der Waals surface area contributed by atoms with Gasteiger partial charge in [0.1, 0.15) is 17.0 Å². The summed E-state index contributed by atoms with van der Waals surface area (Å²) in [7, 11) is 0. The van der Waals surface area contributed by atoms with Crippen LogP contribution in [0.2, 0.25) is 0 Å². The van der Waals surface area contributed by atoms with Gasteiger partial charge in [-0.2, -0.15) is 0 Å². The maximum atomic E-state index is 13.4. The highest BCUT2D eigenvalue weighted by Crippen LogP contribution is 2.26. The van der Waals surface area contributed by atoms with Gasteiger partial charge in [-0.1, -0.05) is 58.4 Å². The molecule has 1 N–H and O–H groups in total. The van der Waals surface area contributed by atoms with Crippen molar-refractivity contribution in [1.29, 1.82) is 0 Å². The fraction of sp³-hybridized carbons (Fsp3) is 0.0385. The van der Waals surface area contributed by atoms with Gasteiger partial charge in [0, 0.05) is 16.1 Å². The second-order valence-corrected chi connectivity index (χ2v) is 8.32. The Morgan fingerprint density at radius 2 is 1.75 bits per heavy atom. The first kappa shape index (κ1) is 20.2. The van der Waals surface area contributed by atoms with E-state index < -0.39 is 0 Å². The van der Waals surface area contributed by atoms with Gasteiger partial charge in [0.15, 0.2) is 0 Å². The molecule has 2 aromatic heterocycles. The molecule has 3 aromatic carbocycles. The third-order valence-corrected chi connectivity index (χ3v) is 5.88. The molecule has 0 aliphatic carbocycles. The monoisotopic (exact) mass is 483 g/mol. The number of hydrogen-bond acceptors (Lipinski definition) is 4. The smallest absolute Gasteiger partial charge is 0.277 e. The Hall–Kier alpha value is -3.77. The standard InChI is InChI=1S/C26H18BrN3O2/c27-19-11-7-17(8-12-19)9-13-22-26(32)30(23-6-2-1-5-21(23)29-22)16-18-10-14-24(31)25-20(18)4-3-15-28-25/h1-15,31H,16H2. The van der Waals surface area contributed by atoms with Crippen LogP contribution >= 0.6 is 15.9 Å². The molecular weight excluding hydrogens is 466 g/mol. The fourth-order valence-electron chi connectivity index (χ4n) is 3.75. The number of fused-ring (bicyclic) bond motifs is 2. The summed E-state index contributed by atoms with van der Waals surface area (Å²) in [4.78, 5) is 22.3. The van der Waals surface area contributed by atoms with Gasteiger partial charge in [-0.3, -0.25) is 9.78 Å². The number of halogens is 1. The Kier molecular flexibility index (Phi) is 5.29. The van der Waals surface area contributed by atoms with Gasteiger partial charge in [-0.15, -0.1) is 0 Å². The quantitative estimate of drug-likeness (QED) is 0.359. The minimum Gasteiger partial charge on any atom is -0.506 e. The van der Waals surface area contributed by atoms with Gasteiger partial charge in [-0.05, 0) is 53.6 Å². The lowest BCUT2D eigenvalue weighted by Gasteiger charge is -2.13. The number of benzene rings is 3. The van der Waals surface area contributed by atoms with E-state index in [0.717, 1.165) is 32.0 Å². The molecule has 0 unspecified atom stereocenters. The minimum absolute atomic E-state index is 0.120. The number of rotatable bonds is 4. The highest BCUT2D eigenvalue weighted by molar-refractivity contribution is 9.10. The van der Waals surface area contributed by atoms with E-state index in [1.165, 1.54) is 0 Å². The molecule has 5 rings (SSSR count). The number of phenols is 1. The first-order valence-corrected chi connectivity index (χ1v) is 10.9. The molecule has 0 amide bonds. The van der Waals surface area contributed by atoms with Crippen LogP contribution in [0.3, 0.4) is 0 Å². The van der Waals surface area contributed by atoms with Crippen LogP contribution in [-0.2, 0) is 6.54 Å². The molecule has 2 heterocycles. The molecule has 5 aromatic rings. The highest BCUT2D eigenvalue weighted by atomic mass is 79.9. The van der Waals surface area contributed by atoms with Crippen LogP contribution in [0.5, 0.6) is 5.75 Å². The zero-order valence-corrected chi connectivity index (χ0v) is 18.5. The number of aromatic nitrogens is 3. The molecule has 0 aliphatic rings. The van der Waals surface area contributed by atoms with E-state index in [9.17, 15) is 9.90 Å². The van der Waals surface area contributed by atoms with Gasteiger partial charge < -0.3 is 9.67 Å². The SMILES string of the molecule is O=c1c(C=Cc2ccc(Br)cc2)nc2ccccc2n1Cc1ccc(O)c2ncccc12. The molecule has 0 atom stereocenters. The topological polar surface area (TPSA) is 68.0 Å². The number of nitrogens with zero attached hydrogens (tertiary/aromatic N) is 3. The van der Waals surface area contributed by atoms with Crippen molar-refractivity contribution in [2.24, 2.45) is 0 Å². The van der Waals surface area contributed by atoms with Crippen molar-refractivity contribution < 1.29 is 5.11 Å². The average molecular weight is 484 g/mol. The molecule has 156 valence electrons. The number of hydrogen-bond donors (Lipinski definition) is 1. The van der Waals surface area contributed by atoms with Crippen LogP contribution in [0.15, 0.2) is 88.3 Å². The second kappa shape index (κ2) is 8.40. The predicted octanol–water partition coefficient (Wildman–Crippen LogP) is 5.63. The van der Waals surface area contributed by atoms with Crippen molar-refractivity contribution in [2.45, 2.75) is 6.54 Å². The lowest BCUT2D eigenvalue weighted by atomic mass is 10.1. The number of para-hydroxylation sites is 2. The van der Waals surface area contributed by atoms with E-state index in [1.807, 2.05) is 72.8 Å². The molecule has 5 nitrogen and oxygen atoms in total. The van der Waals surface area contributed by atoms with Crippen LogP contribution in [0.1, 0.15) is 16.8 Å². The van der Waals surface area contributed by atoms with Crippen molar-refractivity contribution >= 4 is 50.0 Å². The summed E-state index contributed by atoms with van der Waals surface area (Å²) < 4.78 is 2.72. The minimum atomic E-state index is -0.179. The zero-order valence-electron chi connectivity index (χ0n) is 16.9. The van der Waals surface area contributed by atoms with Gasteiger partial charge in [0.25, 0.3) is 5.56 Å². The van der Waals surface area contributed by atoms with E-state index in [-0.39, 0.29) is 11.3 Å². The summed E-state index contributed by atoms with van der Waals surface area (Å²) in [5.74, 6) is 0.120. The van der Waals surface area contributed by atoms with Crippen LogP contribution in [0.4, 0.5) is 0 Å². The maximum absolute atomic E-state index is 13.4. The molecule has 0 saturated carbocycles. The number of aromatic hydroxyl groups is 1. The van der Waals surface area contributed by atoms with Crippen LogP contribution in [-0.4, -0.2) is 19.6 Å². The van der Waals surface area contributed by atoms with Crippen molar-refractivity contribution in [1.82, 2.24) is 14.5 Å². The molecule has 32 heavy (non-hydrogen) atoms. The predicted molar refractivity (Wildman–Crippen MR) is 132 cm³/mol. The maximum Gasteiger partial charge on any atom is 0.277 e. The molecular formula is C26H18BrN3O2. The van der Waals surface area contributed by atoms with Crippen molar-refractivity contribution in [2.75, 3.05) is 0 Å². The third-order valence-electron chi connectivity index (χ3n) is 5.35. The normalized spacial score (nSPS) is 11.5. The molecule has 6 heteroatoms. The van der Waals surface area contributed by atoms with Crippen molar-refractivity contribution in [3.63, 3.8) is 0 Å². The van der Waals surface area contributed by atoms with Crippen molar-refractivity contribution in [3.05, 3.63) is 111 Å². The Morgan fingerprint density at radius 1 is 0.938 bits per heavy atom. The van der Waals surface area contributed by atoms with E-state index in [4.69, 9.17) is 0 Å². The Labute approximate surface area is 192 Å². The van der Waals surface area contributed by atoms with Gasteiger partial charge in [0.05, 0.1) is 17.6 Å². The average Bonchev–Trinajstić information content (AvgIpc) is 2.82. The first-order valence-electron chi connectivity index (χ1n) is 10.1. The Bertz CT molecular complexity index is 1540. The van der Waals surface area contributed by atoms with Gasteiger partial charge in [-0.25, -0.2) is 4.98 Å². The van der Waals surface area contributed by atoms with Crippen molar-refractivity contribution in [3.8, 4) is 5.75 Å². The summed E-state index contributed by atoms with van der Waals surface area (Å²) in [6.07, 6.45) is 5.28. The number of phenolic OH excluding ortho intramolecular Hbond substituents is 1. The molecule has 0 bridgehead atoms. The summed E-state index contributed by atoms with van der Waals surface area (Å²) in [5, 5.41) is 11.0. The third kappa shape index (κ3) is 3.81. The molecule has 0 aliphatic heterocycles. The zero-order chi connectivity index (χ0) is 22.1. The second-order valence-electron chi connectivity index (χ2n) is 7.41. The van der Waals surface area contributed by atoms with Gasteiger partial charge in [0.2, 0.25) is 0 Å². The molecule has 0 radical (unpaired) electrons. The first-order chi connectivity index (χ1) is 15.6. The summed E-state index contributed by atoms with van der Waals surface area (Å²) in [5.41, 5.74) is 4.07. The summed E-state index contributed by atoms with van der Waals surface area (Å²) in [6.45, 7) is 0.337.